The molecule has 1 aliphatic carbocycles. The molecule has 1 saturated carbocycles. The van der Waals surface area contributed by atoms with Gasteiger partial charge in [0, 0.05) is 22.3 Å². The molecule has 20 heavy (non-hydrogen) atoms. The third kappa shape index (κ3) is 2.20. The molecule has 0 spiro atoms. The van der Waals surface area contributed by atoms with Crippen LogP contribution in [0, 0.1) is 0 Å². The van der Waals surface area contributed by atoms with Gasteiger partial charge in [0.1, 0.15) is 0 Å². The van der Waals surface area contributed by atoms with Gasteiger partial charge in [-0.15, -0.1) is 11.8 Å². The summed E-state index contributed by atoms with van der Waals surface area (Å²) in [6, 6.07) is 3.76. The molecular formula is C16H20O3S. The van der Waals surface area contributed by atoms with Crippen LogP contribution in [-0.2, 0) is 0 Å². The lowest BCUT2D eigenvalue weighted by atomic mass is 9.80. The first kappa shape index (κ1) is 13.8. The number of carbonyl (C=O) groups is 1. The van der Waals surface area contributed by atoms with E-state index in [-0.39, 0.29) is 5.78 Å². The summed E-state index contributed by atoms with van der Waals surface area (Å²) in [5.74, 6) is 2.72. The van der Waals surface area contributed by atoms with Crippen molar-refractivity contribution in [1.29, 1.82) is 0 Å². The van der Waals surface area contributed by atoms with Gasteiger partial charge < -0.3 is 9.47 Å². The number of carbonyl (C=O) groups excluding carboxylic acids is 1. The quantitative estimate of drug-likeness (QED) is 0.833. The van der Waals surface area contributed by atoms with E-state index in [4.69, 9.17) is 9.47 Å². The second-order valence-electron chi connectivity index (χ2n) is 5.43. The summed E-state index contributed by atoms with van der Waals surface area (Å²) >= 11 is 1.82. The molecule has 2 atom stereocenters. The van der Waals surface area contributed by atoms with Crippen LogP contribution in [0.5, 0.6) is 11.5 Å². The average Bonchev–Trinajstić information content (AvgIpc) is 2.64. The standard InChI is InChI=1S/C16H20O3S/c1-18-13-8-7-10-12(17)9-20-14-6-4-3-5-11(14)15(10)16(13)19-2/h7-8,11,14H,3-6,9H2,1-2H3/t11-,14-/m1/s1. The molecule has 0 bridgehead atoms. The molecule has 0 aromatic heterocycles. The Morgan fingerprint density at radius 3 is 2.70 bits per heavy atom. The normalized spacial score (nSPS) is 25.4. The van der Waals surface area contributed by atoms with E-state index in [9.17, 15) is 4.79 Å². The van der Waals surface area contributed by atoms with E-state index < -0.39 is 0 Å². The first-order chi connectivity index (χ1) is 9.76. The van der Waals surface area contributed by atoms with Crippen molar-refractivity contribution in [1.82, 2.24) is 0 Å². The fourth-order valence-corrected chi connectivity index (χ4v) is 4.81. The fraction of sp³-hybridized carbons (Fsp3) is 0.562. The van der Waals surface area contributed by atoms with Crippen molar-refractivity contribution >= 4 is 17.5 Å². The van der Waals surface area contributed by atoms with Gasteiger partial charge in [-0.25, -0.2) is 0 Å². The minimum atomic E-state index is 0.223. The number of methoxy groups -OCH3 is 2. The molecule has 3 rings (SSSR count). The maximum atomic E-state index is 12.4. The van der Waals surface area contributed by atoms with Crippen molar-refractivity contribution in [3.8, 4) is 11.5 Å². The molecule has 1 aromatic rings. The summed E-state index contributed by atoms with van der Waals surface area (Å²) in [5, 5.41) is 0.537. The largest absolute Gasteiger partial charge is 0.493 e. The van der Waals surface area contributed by atoms with Gasteiger partial charge in [-0.3, -0.25) is 4.79 Å². The van der Waals surface area contributed by atoms with E-state index in [1.807, 2.05) is 23.9 Å². The Bertz CT molecular complexity index is 527. The topological polar surface area (TPSA) is 35.5 Å². The highest BCUT2D eigenvalue weighted by atomic mass is 32.2. The van der Waals surface area contributed by atoms with Crippen molar-refractivity contribution in [3.05, 3.63) is 23.3 Å². The zero-order valence-electron chi connectivity index (χ0n) is 12.0. The van der Waals surface area contributed by atoms with Crippen molar-refractivity contribution in [2.45, 2.75) is 36.9 Å². The number of ether oxygens (including phenoxy) is 2. The van der Waals surface area contributed by atoms with Crippen LogP contribution in [0.2, 0.25) is 0 Å². The van der Waals surface area contributed by atoms with E-state index in [2.05, 4.69) is 0 Å². The lowest BCUT2D eigenvalue weighted by Crippen LogP contribution is -2.20. The van der Waals surface area contributed by atoms with Crippen LogP contribution in [0.1, 0.15) is 47.5 Å². The van der Waals surface area contributed by atoms with Gasteiger partial charge >= 0.3 is 0 Å². The second kappa shape index (κ2) is 5.68. The minimum Gasteiger partial charge on any atom is -0.493 e. The average molecular weight is 292 g/mol. The minimum absolute atomic E-state index is 0.223. The summed E-state index contributed by atoms with van der Waals surface area (Å²) in [4.78, 5) is 12.4. The van der Waals surface area contributed by atoms with E-state index in [0.29, 0.717) is 16.9 Å². The number of Topliss-reactive ketones (excluding diaryl/α,β-unsaturated/α-hetero) is 1. The van der Waals surface area contributed by atoms with E-state index in [1.54, 1.807) is 14.2 Å². The first-order valence-corrected chi connectivity index (χ1v) is 8.20. The lowest BCUT2D eigenvalue weighted by molar-refractivity contribution is 0.102. The van der Waals surface area contributed by atoms with E-state index in [1.165, 1.54) is 19.3 Å². The molecule has 0 radical (unpaired) electrons. The predicted octanol–water partition coefficient (Wildman–Crippen LogP) is 3.66. The number of benzene rings is 1. The molecule has 108 valence electrons. The van der Waals surface area contributed by atoms with Crippen LogP contribution in [0.3, 0.4) is 0 Å². The SMILES string of the molecule is COc1ccc2c(c1OC)[C@@H]1CCCC[C@H]1SCC2=O. The van der Waals surface area contributed by atoms with Gasteiger partial charge in [-0.05, 0) is 25.0 Å². The van der Waals surface area contributed by atoms with Crippen LogP contribution >= 0.6 is 11.8 Å². The maximum absolute atomic E-state index is 12.4. The molecule has 0 N–H and O–H groups in total. The molecule has 0 saturated heterocycles. The molecule has 1 heterocycles. The van der Waals surface area contributed by atoms with Crippen LogP contribution < -0.4 is 9.47 Å². The van der Waals surface area contributed by atoms with Gasteiger partial charge in [0.15, 0.2) is 17.3 Å². The molecule has 3 nitrogen and oxygen atoms in total. The summed E-state index contributed by atoms with van der Waals surface area (Å²) in [5.41, 5.74) is 1.93. The van der Waals surface area contributed by atoms with E-state index >= 15 is 0 Å². The van der Waals surface area contributed by atoms with Crippen molar-refractivity contribution in [2.24, 2.45) is 0 Å². The van der Waals surface area contributed by atoms with E-state index in [0.717, 1.165) is 29.0 Å². The van der Waals surface area contributed by atoms with Crippen LogP contribution in [0.4, 0.5) is 0 Å². The van der Waals surface area contributed by atoms with Gasteiger partial charge in [0.05, 0.1) is 20.0 Å². The number of ketones is 1. The van der Waals surface area contributed by atoms with Crippen molar-refractivity contribution in [3.63, 3.8) is 0 Å². The van der Waals surface area contributed by atoms with Crippen LogP contribution in [-0.4, -0.2) is 31.0 Å². The molecule has 1 aliphatic heterocycles. The zero-order valence-corrected chi connectivity index (χ0v) is 12.8. The predicted molar refractivity (Wildman–Crippen MR) is 81.3 cm³/mol. The summed E-state index contributed by atoms with van der Waals surface area (Å²) in [6.07, 6.45) is 4.84. The van der Waals surface area contributed by atoms with Gasteiger partial charge in [0.25, 0.3) is 0 Å². The van der Waals surface area contributed by atoms with Crippen molar-refractivity contribution in [2.75, 3.05) is 20.0 Å². The summed E-state index contributed by atoms with van der Waals surface area (Å²) in [6.45, 7) is 0. The van der Waals surface area contributed by atoms with Gasteiger partial charge in [-0.2, -0.15) is 0 Å². The third-order valence-electron chi connectivity index (χ3n) is 4.39. The Kier molecular flexibility index (Phi) is 3.92. The Balaban J connectivity index is 2.18. The molecule has 1 fully saturated rings. The highest BCUT2D eigenvalue weighted by molar-refractivity contribution is 8.00. The Morgan fingerprint density at radius 2 is 1.95 bits per heavy atom. The number of hydrogen-bond donors (Lipinski definition) is 0. The molecule has 0 unspecified atom stereocenters. The molecule has 2 aliphatic rings. The fourth-order valence-electron chi connectivity index (χ4n) is 3.45. The molecule has 0 amide bonds. The van der Waals surface area contributed by atoms with Crippen LogP contribution in [0.25, 0.3) is 0 Å². The van der Waals surface area contributed by atoms with Crippen molar-refractivity contribution < 1.29 is 14.3 Å². The highest BCUT2D eigenvalue weighted by Gasteiger charge is 2.36. The second-order valence-corrected chi connectivity index (χ2v) is 6.65. The zero-order chi connectivity index (χ0) is 14.1. The van der Waals surface area contributed by atoms with Gasteiger partial charge in [-0.1, -0.05) is 12.8 Å². The number of fused-ring (bicyclic) bond motifs is 3. The molecular weight excluding hydrogens is 272 g/mol. The highest BCUT2D eigenvalue weighted by Crippen LogP contribution is 2.49. The third-order valence-corrected chi connectivity index (χ3v) is 5.81. The maximum Gasteiger partial charge on any atom is 0.173 e. The Morgan fingerprint density at radius 1 is 1.15 bits per heavy atom. The number of thioether (sulfide) groups is 1. The molecule has 1 aromatic carbocycles. The Hall–Kier alpha value is -1.16. The first-order valence-electron chi connectivity index (χ1n) is 7.16. The van der Waals surface area contributed by atoms with Crippen LogP contribution in [0.15, 0.2) is 12.1 Å². The smallest absolute Gasteiger partial charge is 0.173 e. The number of hydrogen-bond acceptors (Lipinski definition) is 4. The lowest BCUT2D eigenvalue weighted by Gasteiger charge is -2.31. The summed E-state index contributed by atoms with van der Waals surface area (Å²) in [7, 11) is 3.31. The Labute approximate surface area is 124 Å². The summed E-state index contributed by atoms with van der Waals surface area (Å²) < 4.78 is 11.0. The monoisotopic (exact) mass is 292 g/mol. The molecule has 4 heteroatoms. The number of rotatable bonds is 2. The van der Waals surface area contributed by atoms with Gasteiger partial charge in [0.2, 0.25) is 0 Å².